The average Bonchev–Trinajstić information content (AvgIpc) is 1.76. The fraction of sp³-hybridized carbons (Fsp3) is 0.200. The number of hydrogen-bond donors (Lipinski definition) is 0. The van der Waals surface area contributed by atoms with E-state index in [2.05, 4.69) is 289 Å². The summed E-state index contributed by atoms with van der Waals surface area (Å²) in [5, 5.41) is 16.1. The van der Waals surface area contributed by atoms with E-state index in [-0.39, 0.29) is 27.1 Å². The Bertz CT molecular complexity index is 4900. The fourth-order valence-corrected chi connectivity index (χ4v) is 16.3. The molecule has 85 heavy (non-hydrogen) atoms. The van der Waals surface area contributed by atoms with Gasteiger partial charge in [-0.05, 0) is 234 Å². The second-order valence-electron chi connectivity index (χ2n) is 29.3. The SMILES string of the molecule is CC(C)(C)c1cc2ccc3ccc(-c4ccc5c(c4)C(C)(C)c4cc(-c6ccc7c(c6)C(C)(C)c6cc(-c8ccc9c(c8)C(C)(C)c8cc(-c%10ccc%11ccc%12cc(C(C)(C)C)cc%13ccc%10c%11c%12%13)ccc8-9)ccc6-7)ccc4-5)c4ccc(c1)c2c34. The van der Waals surface area contributed by atoms with Gasteiger partial charge in [0.15, 0.2) is 0 Å². The molecule has 0 nitrogen and oxygen atoms in total. The summed E-state index contributed by atoms with van der Waals surface area (Å²) in [6.07, 6.45) is 0. The van der Waals surface area contributed by atoms with Crippen molar-refractivity contribution >= 4 is 64.6 Å². The standard InChI is InChI=1S/C85H70/c1-81(2,3)59-37-55-15-13-47-17-27-61(69-35-25-57(39-59)77(55)79(47)69)53-23-33-67-65-31-21-51(43-73(65)84(9,10)75(67)45-53)49-19-29-63-64-30-20-50(42-72(64)83(7,8)71(63)41-49)52-22-32-66-68-34-24-54(46-76(68)85(11,12)74(66)44-52)62-28-18-48-14-16-56-38-60(82(4,5)6)40-58-26-36-70(62)80(48)78(56)58/h13-46H,1-12H3. The predicted molar refractivity (Wildman–Crippen MR) is 366 cm³/mol. The molecule has 14 aromatic rings. The van der Waals surface area contributed by atoms with Gasteiger partial charge in [-0.15, -0.1) is 0 Å². The lowest BCUT2D eigenvalue weighted by molar-refractivity contribution is 0.591. The highest BCUT2D eigenvalue weighted by Gasteiger charge is 2.40. The second kappa shape index (κ2) is 16.7. The molecule has 0 bridgehead atoms. The molecule has 0 radical (unpaired) electrons. The summed E-state index contributed by atoms with van der Waals surface area (Å²) in [6.45, 7) is 28.4. The summed E-state index contributed by atoms with van der Waals surface area (Å²) >= 11 is 0. The maximum absolute atomic E-state index is 2.50. The minimum Gasteiger partial charge on any atom is -0.0561 e. The van der Waals surface area contributed by atoms with Crippen LogP contribution in [0.2, 0.25) is 0 Å². The highest BCUT2D eigenvalue weighted by molar-refractivity contribution is 6.27. The highest BCUT2D eigenvalue weighted by atomic mass is 14.4. The number of fused-ring (bicyclic) bond motifs is 9. The molecule has 0 unspecified atom stereocenters. The van der Waals surface area contributed by atoms with Gasteiger partial charge in [-0.25, -0.2) is 0 Å². The molecule has 14 aromatic carbocycles. The topological polar surface area (TPSA) is 0 Å². The van der Waals surface area contributed by atoms with E-state index in [0.29, 0.717) is 0 Å². The zero-order valence-corrected chi connectivity index (χ0v) is 51.1. The van der Waals surface area contributed by atoms with E-state index >= 15 is 0 Å². The Kier molecular flexibility index (Phi) is 9.97. The van der Waals surface area contributed by atoms with Crippen molar-refractivity contribution in [3.05, 3.63) is 251 Å². The van der Waals surface area contributed by atoms with E-state index in [0.717, 1.165) is 0 Å². The minimum atomic E-state index is -0.178. The third kappa shape index (κ3) is 7.03. The highest BCUT2D eigenvalue weighted by Crippen LogP contribution is 2.56. The van der Waals surface area contributed by atoms with Crippen LogP contribution in [0, 0.1) is 0 Å². The Morgan fingerprint density at radius 1 is 0.212 bits per heavy atom. The summed E-state index contributed by atoms with van der Waals surface area (Å²) in [6, 6.07) is 81.3. The van der Waals surface area contributed by atoms with Crippen molar-refractivity contribution < 1.29 is 0 Å². The molecule has 17 rings (SSSR count). The molecule has 0 aliphatic heterocycles. The van der Waals surface area contributed by atoms with Crippen molar-refractivity contribution in [3.8, 4) is 77.9 Å². The van der Waals surface area contributed by atoms with Crippen LogP contribution in [0.1, 0.15) is 128 Å². The molecule has 0 spiro atoms. The Hall–Kier alpha value is -8.84. The van der Waals surface area contributed by atoms with Gasteiger partial charge >= 0.3 is 0 Å². The molecular formula is C85H70. The Morgan fingerprint density at radius 3 is 0.718 bits per heavy atom. The Morgan fingerprint density at radius 2 is 0.435 bits per heavy atom. The third-order valence-electron chi connectivity index (χ3n) is 21.2. The molecular weight excluding hydrogens is 1020 g/mol. The van der Waals surface area contributed by atoms with Crippen LogP contribution in [0.4, 0.5) is 0 Å². The van der Waals surface area contributed by atoms with Crippen molar-refractivity contribution in [2.24, 2.45) is 0 Å². The average molecular weight is 1090 g/mol. The van der Waals surface area contributed by atoms with Gasteiger partial charge in [-0.3, -0.25) is 0 Å². The predicted octanol–water partition coefficient (Wildman–Crippen LogP) is 23.7. The van der Waals surface area contributed by atoms with E-state index < -0.39 is 0 Å². The summed E-state index contributed by atoms with van der Waals surface area (Å²) in [7, 11) is 0. The lowest BCUT2D eigenvalue weighted by atomic mass is 9.79. The molecule has 0 atom stereocenters. The van der Waals surface area contributed by atoms with Crippen molar-refractivity contribution in [1.29, 1.82) is 0 Å². The molecule has 0 aromatic heterocycles. The summed E-state index contributed by atoms with van der Waals surface area (Å²) in [4.78, 5) is 0. The van der Waals surface area contributed by atoms with Gasteiger partial charge < -0.3 is 0 Å². The van der Waals surface area contributed by atoms with E-state index in [1.165, 1.54) is 187 Å². The van der Waals surface area contributed by atoms with Crippen LogP contribution in [-0.2, 0) is 27.1 Å². The van der Waals surface area contributed by atoms with Gasteiger partial charge in [0.1, 0.15) is 0 Å². The monoisotopic (exact) mass is 1090 g/mol. The van der Waals surface area contributed by atoms with Crippen LogP contribution in [0.15, 0.2) is 206 Å². The van der Waals surface area contributed by atoms with Crippen molar-refractivity contribution in [1.82, 2.24) is 0 Å². The molecule has 0 fully saturated rings. The van der Waals surface area contributed by atoms with Gasteiger partial charge in [-0.2, -0.15) is 0 Å². The lowest BCUT2D eigenvalue weighted by Gasteiger charge is -2.24. The second-order valence-corrected chi connectivity index (χ2v) is 29.3. The molecule has 410 valence electrons. The first-order valence-corrected chi connectivity index (χ1v) is 31.0. The van der Waals surface area contributed by atoms with E-state index in [4.69, 9.17) is 0 Å². The van der Waals surface area contributed by atoms with Crippen LogP contribution < -0.4 is 0 Å². The lowest BCUT2D eigenvalue weighted by Crippen LogP contribution is -2.16. The molecule has 0 saturated heterocycles. The molecule has 0 amide bonds. The molecule has 3 aliphatic rings. The van der Waals surface area contributed by atoms with Crippen LogP contribution in [0.5, 0.6) is 0 Å². The number of hydrogen-bond acceptors (Lipinski definition) is 0. The van der Waals surface area contributed by atoms with Gasteiger partial charge in [-0.1, -0.05) is 253 Å². The van der Waals surface area contributed by atoms with Crippen LogP contribution in [-0.4, -0.2) is 0 Å². The number of rotatable bonds is 4. The first-order valence-electron chi connectivity index (χ1n) is 31.0. The summed E-state index contributed by atoms with van der Waals surface area (Å²) in [5.74, 6) is 0. The van der Waals surface area contributed by atoms with Crippen molar-refractivity contribution in [2.75, 3.05) is 0 Å². The molecule has 0 saturated carbocycles. The maximum atomic E-state index is 2.50. The maximum Gasteiger partial charge on any atom is 0.0159 e. The first kappa shape index (κ1) is 50.7. The fourth-order valence-electron chi connectivity index (χ4n) is 16.3. The van der Waals surface area contributed by atoms with Gasteiger partial charge in [0, 0.05) is 16.2 Å². The Labute approximate surface area is 500 Å². The van der Waals surface area contributed by atoms with Crippen LogP contribution >= 0.6 is 0 Å². The van der Waals surface area contributed by atoms with E-state index in [9.17, 15) is 0 Å². The third-order valence-corrected chi connectivity index (χ3v) is 21.2. The van der Waals surface area contributed by atoms with Crippen LogP contribution in [0.3, 0.4) is 0 Å². The van der Waals surface area contributed by atoms with Crippen molar-refractivity contribution in [2.45, 2.75) is 110 Å². The normalized spacial score (nSPS) is 15.3. The summed E-state index contributed by atoms with van der Waals surface area (Å²) < 4.78 is 0. The molecule has 0 heteroatoms. The zero-order chi connectivity index (χ0) is 58.2. The van der Waals surface area contributed by atoms with Gasteiger partial charge in [0.25, 0.3) is 0 Å². The molecule has 0 N–H and O–H groups in total. The largest absolute Gasteiger partial charge is 0.0561 e. The summed E-state index contributed by atoms with van der Waals surface area (Å²) in [5.41, 5.74) is 29.1. The zero-order valence-electron chi connectivity index (χ0n) is 51.1. The van der Waals surface area contributed by atoms with E-state index in [1.807, 2.05) is 0 Å². The molecule has 3 aliphatic carbocycles. The van der Waals surface area contributed by atoms with Gasteiger partial charge in [0.2, 0.25) is 0 Å². The van der Waals surface area contributed by atoms with Crippen molar-refractivity contribution in [3.63, 3.8) is 0 Å². The van der Waals surface area contributed by atoms with Crippen LogP contribution in [0.25, 0.3) is 143 Å². The number of benzene rings is 14. The minimum absolute atomic E-state index is 0.0852. The van der Waals surface area contributed by atoms with Gasteiger partial charge in [0.05, 0.1) is 0 Å². The smallest absolute Gasteiger partial charge is 0.0159 e. The Balaban J connectivity index is 0.664. The first-order chi connectivity index (χ1) is 40.6. The van der Waals surface area contributed by atoms with E-state index in [1.54, 1.807) is 0 Å². The quantitative estimate of drug-likeness (QED) is 0.154. The molecule has 0 heterocycles.